The third kappa shape index (κ3) is 1.98. The van der Waals surface area contributed by atoms with E-state index in [1.165, 1.54) is 11.1 Å². The van der Waals surface area contributed by atoms with Gasteiger partial charge >= 0.3 is 0 Å². The third-order valence-electron chi connectivity index (χ3n) is 3.47. The minimum atomic E-state index is 0.147. The smallest absolute Gasteiger partial charge is 0.0600 e. The number of rotatable bonds is 1. The van der Waals surface area contributed by atoms with E-state index in [0.29, 0.717) is 0 Å². The van der Waals surface area contributed by atoms with Gasteiger partial charge in [0.1, 0.15) is 0 Å². The van der Waals surface area contributed by atoms with Gasteiger partial charge in [0.2, 0.25) is 0 Å². The fourth-order valence-electron chi connectivity index (χ4n) is 2.58. The van der Waals surface area contributed by atoms with Gasteiger partial charge in [-0.15, -0.1) is 0 Å². The summed E-state index contributed by atoms with van der Waals surface area (Å²) in [5, 5.41) is 4.25. The van der Waals surface area contributed by atoms with Crippen molar-refractivity contribution in [2.75, 3.05) is 12.3 Å². The highest BCUT2D eigenvalue weighted by molar-refractivity contribution is 6.30. The number of halogens is 1. The van der Waals surface area contributed by atoms with Gasteiger partial charge in [0.05, 0.1) is 6.04 Å². The van der Waals surface area contributed by atoms with Crippen LogP contribution in [-0.2, 0) is 6.42 Å². The molecule has 0 spiro atoms. The summed E-state index contributed by atoms with van der Waals surface area (Å²) >= 11 is 6.08. The maximum absolute atomic E-state index is 6.08. The molecule has 3 heteroatoms. The average Bonchev–Trinajstić information content (AvgIpc) is 2.41. The van der Waals surface area contributed by atoms with Crippen molar-refractivity contribution < 1.29 is 0 Å². The molecule has 1 aliphatic heterocycles. The van der Waals surface area contributed by atoms with Crippen LogP contribution in [-0.4, -0.2) is 6.54 Å². The molecule has 1 aliphatic rings. The van der Waals surface area contributed by atoms with Gasteiger partial charge < -0.3 is 11.1 Å². The van der Waals surface area contributed by atoms with Crippen LogP contribution in [0.1, 0.15) is 22.7 Å². The second kappa shape index (κ2) is 4.63. The van der Waals surface area contributed by atoms with Crippen molar-refractivity contribution in [3.63, 3.8) is 0 Å². The molecule has 3 N–H and O–H groups in total. The SMILES string of the molecule is Nc1ccc(Cl)cc1[C@H]1NCCc2ccccc21. The van der Waals surface area contributed by atoms with E-state index < -0.39 is 0 Å². The lowest BCUT2D eigenvalue weighted by molar-refractivity contribution is 0.569. The minimum absolute atomic E-state index is 0.147. The van der Waals surface area contributed by atoms with Crippen LogP contribution < -0.4 is 11.1 Å². The normalized spacial score (nSPS) is 18.4. The molecule has 2 nitrogen and oxygen atoms in total. The van der Waals surface area contributed by atoms with Crippen LogP contribution in [0.2, 0.25) is 5.02 Å². The molecule has 1 atom stereocenters. The highest BCUT2D eigenvalue weighted by Crippen LogP contribution is 2.33. The molecule has 0 saturated carbocycles. The van der Waals surface area contributed by atoms with Crippen LogP contribution in [0.25, 0.3) is 0 Å². The standard InChI is InChI=1S/C15H15ClN2/c16-11-5-6-14(17)13(9-11)15-12-4-2-1-3-10(12)7-8-18-15/h1-6,9,15,18H,7-8,17H2/t15-/m0/s1. The predicted molar refractivity (Wildman–Crippen MR) is 75.9 cm³/mol. The first kappa shape index (κ1) is 11.6. The molecule has 92 valence electrons. The molecule has 18 heavy (non-hydrogen) atoms. The second-order valence-corrected chi connectivity index (χ2v) is 5.05. The number of hydrogen-bond donors (Lipinski definition) is 2. The Morgan fingerprint density at radius 2 is 1.94 bits per heavy atom. The van der Waals surface area contributed by atoms with E-state index in [-0.39, 0.29) is 6.04 Å². The van der Waals surface area contributed by atoms with E-state index in [0.717, 1.165) is 29.2 Å². The largest absolute Gasteiger partial charge is 0.398 e. The summed E-state index contributed by atoms with van der Waals surface area (Å²) in [4.78, 5) is 0. The zero-order valence-corrected chi connectivity index (χ0v) is 10.7. The first-order valence-corrected chi connectivity index (χ1v) is 6.49. The highest BCUT2D eigenvalue weighted by Gasteiger charge is 2.22. The van der Waals surface area contributed by atoms with Gasteiger partial charge in [0.15, 0.2) is 0 Å². The van der Waals surface area contributed by atoms with Crippen molar-refractivity contribution in [3.05, 3.63) is 64.2 Å². The molecule has 2 aromatic carbocycles. The number of nitrogen functional groups attached to an aromatic ring is 1. The molecule has 0 radical (unpaired) electrons. The summed E-state index contributed by atoms with van der Waals surface area (Å²) in [5.41, 5.74) is 10.6. The summed E-state index contributed by atoms with van der Waals surface area (Å²) in [6.07, 6.45) is 1.06. The summed E-state index contributed by atoms with van der Waals surface area (Å²) in [5.74, 6) is 0. The summed E-state index contributed by atoms with van der Waals surface area (Å²) in [7, 11) is 0. The number of hydrogen-bond acceptors (Lipinski definition) is 2. The van der Waals surface area contributed by atoms with Crippen molar-refractivity contribution in [3.8, 4) is 0 Å². The molecule has 1 heterocycles. The Balaban J connectivity index is 2.11. The fourth-order valence-corrected chi connectivity index (χ4v) is 2.76. The number of nitrogens with one attached hydrogen (secondary N) is 1. The van der Waals surface area contributed by atoms with Crippen molar-refractivity contribution in [2.24, 2.45) is 0 Å². The lowest BCUT2D eigenvalue weighted by Crippen LogP contribution is -2.31. The van der Waals surface area contributed by atoms with Crippen molar-refractivity contribution in [1.82, 2.24) is 5.32 Å². The molecule has 0 aliphatic carbocycles. The molecule has 0 unspecified atom stereocenters. The van der Waals surface area contributed by atoms with Crippen molar-refractivity contribution in [2.45, 2.75) is 12.5 Å². The van der Waals surface area contributed by atoms with E-state index in [9.17, 15) is 0 Å². The zero-order valence-electron chi connectivity index (χ0n) is 9.99. The van der Waals surface area contributed by atoms with Crippen LogP contribution in [0.15, 0.2) is 42.5 Å². The van der Waals surface area contributed by atoms with E-state index in [1.807, 2.05) is 18.2 Å². The highest BCUT2D eigenvalue weighted by atomic mass is 35.5. The van der Waals surface area contributed by atoms with Crippen LogP contribution >= 0.6 is 11.6 Å². The molecular weight excluding hydrogens is 244 g/mol. The zero-order chi connectivity index (χ0) is 12.5. The Morgan fingerprint density at radius 1 is 1.11 bits per heavy atom. The first-order valence-electron chi connectivity index (χ1n) is 6.12. The maximum Gasteiger partial charge on any atom is 0.0600 e. The summed E-state index contributed by atoms with van der Waals surface area (Å²) in [6, 6.07) is 14.3. The Labute approximate surface area is 112 Å². The molecule has 3 rings (SSSR count). The summed E-state index contributed by atoms with van der Waals surface area (Å²) < 4.78 is 0. The number of nitrogens with two attached hydrogens (primary N) is 1. The van der Waals surface area contributed by atoms with Gasteiger partial charge in [-0.05, 0) is 41.3 Å². The number of benzene rings is 2. The lowest BCUT2D eigenvalue weighted by Gasteiger charge is -2.28. The van der Waals surface area contributed by atoms with Crippen LogP contribution in [0.5, 0.6) is 0 Å². The van der Waals surface area contributed by atoms with Crippen LogP contribution in [0.4, 0.5) is 5.69 Å². The monoisotopic (exact) mass is 258 g/mol. The average molecular weight is 259 g/mol. The Hall–Kier alpha value is -1.51. The molecule has 0 amide bonds. The van der Waals surface area contributed by atoms with Gasteiger partial charge in [-0.3, -0.25) is 0 Å². The summed E-state index contributed by atoms with van der Waals surface area (Å²) in [6.45, 7) is 0.966. The quantitative estimate of drug-likeness (QED) is 0.771. The van der Waals surface area contributed by atoms with Crippen LogP contribution in [0.3, 0.4) is 0 Å². The Morgan fingerprint density at radius 3 is 2.83 bits per heavy atom. The van der Waals surface area contributed by atoms with Gasteiger partial charge in [-0.1, -0.05) is 35.9 Å². The van der Waals surface area contributed by atoms with Gasteiger partial charge in [-0.2, -0.15) is 0 Å². The fraction of sp³-hybridized carbons (Fsp3) is 0.200. The van der Waals surface area contributed by atoms with E-state index >= 15 is 0 Å². The molecule has 0 fully saturated rings. The van der Waals surface area contributed by atoms with E-state index in [2.05, 4.69) is 29.6 Å². The molecule has 0 aromatic heterocycles. The minimum Gasteiger partial charge on any atom is -0.398 e. The lowest BCUT2D eigenvalue weighted by atomic mass is 9.89. The van der Waals surface area contributed by atoms with E-state index in [4.69, 9.17) is 17.3 Å². The number of anilines is 1. The molecule has 0 saturated heterocycles. The Bertz CT molecular complexity index is 580. The van der Waals surface area contributed by atoms with Gasteiger partial charge in [0, 0.05) is 17.3 Å². The Kier molecular flexibility index (Phi) is 2.98. The van der Waals surface area contributed by atoms with E-state index in [1.54, 1.807) is 0 Å². The second-order valence-electron chi connectivity index (χ2n) is 4.61. The van der Waals surface area contributed by atoms with Gasteiger partial charge in [0.25, 0.3) is 0 Å². The third-order valence-corrected chi connectivity index (χ3v) is 3.70. The molecule has 2 aromatic rings. The van der Waals surface area contributed by atoms with Crippen LogP contribution in [0, 0.1) is 0 Å². The predicted octanol–water partition coefficient (Wildman–Crippen LogP) is 3.16. The van der Waals surface area contributed by atoms with Crippen molar-refractivity contribution in [1.29, 1.82) is 0 Å². The maximum atomic E-state index is 6.08. The van der Waals surface area contributed by atoms with Crippen molar-refractivity contribution >= 4 is 17.3 Å². The van der Waals surface area contributed by atoms with Gasteiger partial charge in [-0.25, -0.2) is 0 Å². The topological polar surface area (TPSA) is 38.0 Å². The first-order chi connectivity index (χ1) is 8.75. The molecular formula is C15H15ClN2. The molecule has 0 bridgehead atoms. The number of fused-ring (bicyclic) bond motifs is 1.